The van der Waals surface area contributed by atoms with Crippen LogP contribution in [0.4, 0.5) is 35.5 Å². The molecule has 1 fully saturated rings. The molecule has 2 aromatic rings. The Morgan fingerprint density at radius 3 is 2.08 bits per heavy atom. The van der Waals surface area contributed by atoms with Crippen LogP contribution in [0.1, 0.15) is 59.7 Å². The summed E-state index contributed by atoms with van der Waals surface area (Å²) in [5.74, 6) is -1.64. The number of piperidine rings is 1. The normalized spacial score (nSPS) is 19.5. The van der Waals surface area contributed by atoms with E-state index >= 15 is 0 Å². The first kappa shape index (κ1) is 28.3. The topological polar surface area (TPSA) is 66.6 Å². The highest BCUT2D eigenvalue weighted by Crippen LogP contribution is 2.40. The van der Waals surface area contributed by atoms with Gasteiger partial charge in [-0.15, -0.1) is 0 Å². The monoisotopic (exact) mass is 533 g/mol. The van der Waals surface area contributed by atoms with Crippen molar-refractivity contribution in [1.29, 1.82) is 0 Å². The first-order valence-corrected chi connectivity index (χ1v) is 11.4. The Labute approximate surface area is 209 Å². The molecule has 2 aromatic carbocycles. The van der Waals surface area contributed by atoms with Crippen molar-refractivity contribution in [3.05, 3.63) is 70.0 Å². The molecule has 37 heavy (non-hydrogen) atoms. The standard InChI is InChI=1S/C25H26F7N3O2/c1-13-8-19(26)4-5-20(13)21-11-15(22(33)36)6-7-35(21)23(37)34(3)14(2)16-9-17(24(27,28)29)12-18(10-16)25(30,31)32/h4-5,8-10,12,14-15,21H,6-7,11H2,1-3H3,(H2,33,36)/t14-,15+,21-/m0/s1. The van der Waals surface area contributed by atoms with Gasteiger partial charge in [-0.1, -0.05) is 6.07 Å². The van der Waals surface area contributed by atoms with Crippen molar-refractivity contribution in [2.45, 2.75) is 51.1 Å². The third kappa shape index (κ3) is 6.16. The van der Waals surface area contributed by atoms with E-state index in [4.69, 9.17) is 5.73 Å². The molecule has 1 saturated heterocycles. The van der Waals surface area contributed by atoms with Crippen LogP contribution < -0.4 is 5.73 Å². The quantitative estimate of drug-likeness (QED) is 0.474. The van der Waals surface area contributed by atoms with Crippen LogP contribution in [0.5, 0.6) is 0 Å². The number of amides is 3. The van der Waals surface area contributed by atoms with Gasteiger partial charge in [-0.25, -0.2) is 9.18 Å². The maximum atomic E-state index is 13.7. The van der Waals surface area contributed by atoms with Gasteiger partial charge in [0.1, 0.15) is 5.82 Å². The summed E-state index contributed by atoms with van der Waals surface area (Å²) in [5.41, 5.74) is 3.24. The smallest absolute Gasteiger partial charge is 0.369 e. The Kier molecular flexibility index (Phi) is 7.80. The van der Waals surface area contributed by atoms with E-state index in [1.165, 1.54) is 37.1 Å². The Morgan fingerprint density at radius 1 is 1.03 bits per heavy atom. The summed E-state index contributed by atoms with van der Waals surface area (Å²) in [4.78, 5) is 27.8. The number of carbonyl (C=O) groups excluding carboxylic acids is 2. The van der Waals surface area contributed by atoms with Gasteiger partial charge < -0.3 is 15.5 Å². The number of likely N-dealkylation sites (tertiary alicyclic amines) is 1. The van der Waals surface area contributed by atoms with E-state index < -0.39 is 59.2 Å². The molecule has 1 aliphatic heterocycles. The predicted octanol–water partition coefficient (Wildman–Crippen LogP) is 6.22. The van der Waals surface area contributed by atoms with Gasteiger partial charge in [0.2, 0.25) is 5.91 Å². The van der Waals surface area contributed by atoms with Gasteiger partial charge in [0.25, 0.3) is 0 Å². The summed E-state index contributed by atoms with van der Waals surface area (Å²) in [6, 6.07) is 2.60. The third-order valence-corrected chi connectivity index (χ3v) is 6.82. The molecule has 0 aliphatic carbocycles. The molecule has 1 heterocycles. The van der Waals surface area contributed by atoms with Crippen molar-refractivity contribution in [3.8, 4) is 0 Å². The highest BCUT2D eigenvalue weighted by molar-refractivity contribution is 5.79. The molecule has 0 bridgehead atoms. The molecule has 3 amide bonds. The zero-order valence-corrected chi connectivity index (χ0v) is 20.3. The van der Waals surface area contributed by atoms with Crippen LogP contribution in [0.3, 0.4) is 0 Å². The van der Waals surface area contributed by atoms with E-state index in [0.29, 0.717) is 23.3 Å². The largest absolute Gasteiger partial charge is 0.416 e. The Bertz CT molecular complexity index is 1150. The highest BCUT2D eigenvalue weighted by Gasteiger charge is 2.40. The van der Waals surface area contributed by atoms with Crippen molar-refractivity contribution in [1.82, 2.24) is 9.80 Å². The average Bonchev–Trinajstić information content (AvgIpc) is 2.81. The molecule has 0 radical (unpaired) electrons. The Hall–Kier alpha value is -3.31. The lowest BCUT2D eigenvalue weighted by molar-refractivity contribution is -0.143. The first-order valence-electron chi connectivity index (χ1n) is 11.4. The van der Waals surface area contributed by atoms with E-state index in [2.05, 4.69) is 0 Å². The van der Waals surface area contributed by atoms with Crippen LogP contribution in [0.15, 0.2) is 36.4 Å². The molecule has 5 nitrogen and oxygen atoms in total. The highest BCUT2D eigenvalue weighted by atomic mass is 19.4. The molecule has 0 unspecified atom stereocenters. The lowest BCUT2D eigenvalue weighted by Crippen LogP contribution is -2.49. The van der Waals surface area contributed by atoms with Crippen LogP contribution in [0.2, 0.25) is 0 Å². The molecule has 3 atom stereocenters. The van der Waals surface area contributed by atoms with Gasteiger partial charge in [-0.3, -0.25) is 4.79 Å². The summed E-state index contributed by atoms with van der Waals surface area (Å²) < 4.78 is 93.7. The number of aryl methyl sites for hydroxylation is 1. The summed E-state index contributed by atoms with van der Waals surface area (Å²) in [6.07, 6.45) is -9.69. The van der Waals surface area contributed by atoms with Crippen LogP contribution in [-0.4, -0.2) is 35.3 Å². The molecule has 3 rings (SSSR count). The fourth-order valence-electron chi connectivity index (χ4n) is 4.57. The number of carbonyl (C=O) groups is 2. The number of alkyl halides is 6. The second-order valence-electron chi connectivity index (χ2n) is 9.24. The number of hydrogen-bond acceptors (Lipinski definition) is 2. The van der Waals surface area contributed by atoms with Crippen molar-refractivity contribution in [3.63, 3.8) is 0 Å². The number of benzene rings is 2. The van der Waals surface area contributed by atoms with Crippen molar-refractivity contribution < 1.29 is 40.3 Å². The Morgan fingerprint density at radius 2 is 1.59 bits per heavy atom. The maximum absolute atomic E-state index is 13.7. The van der Waals surface area contributed by atoms with Crippen LogP contribution >= 0.6 is 0 Å². The second-order valence-corrected chi connectivity index (χ2v) is 9.24. The van der Waals surface area contributed by atoms with E-state index in [1.807, 2.05) is 0 Å². The molecule has 0 saturated carbocycles. The fourth-order valence-corrected chi connectivity index (χ4v) is 4.57. The maximum Gasteiger partial charge on any atom is 0.416 e. The SMILES string of the molecule is Cc1cc(F)ccc1[C@@H]1C[C@H](C(N)=O)CCN1C(=O)N(C)[C@@H](C)c1cc(C(F)(F)F)cc(C(F)(F)F)c1. The van der Waals surface area contributed by atoms with Gasteiger partial charge >= 0.3 is 18.4 Å². The molecular weight excluding hydrogens is 507 g/mol. The summed E-state index contributed by atoms with van der Waals surface area (Å²) in [7, 11) is 1.27. The summed E-state index contributed by atoms with van der Waals surface area (Å²) in [6.45, 7) is 3.01. The third-order valence-electron chi connectivity index (χ3n) is 6.82. The van der Waals surface area contributed by atoms with Gasteiger partial charge in [0, 0.05) is 19.5 Å². The minimum atomic E-state index is -5.03. The lowest BCUT2D eigenvalue weighted by atomic mass is 9.85. The predicted molar refractivity (Wildman–Crippen MR) is 121 cm³/mol. The zero-order valence-electron chi connectivity index (χ0n) is 20.3. The van der Waals surface area contributed by atoms with Gasteiger partial charge in [0.05, 0.1) is 23.2 Å². The molecule has 202 valence electrons. The minimum Gasteiger partial charge on any atom is -0.369 e. The van der Waals surface area contributed by atoms with Crippen LogP contribution in [-0.2, 0) is 17.1 Å². The first-order chi connectivity index (χ1) is 17.0. The van der Waals surface area contributed by atoms with Gasteiger partial charge in [-0.2, -0.15) is 26.3 Å². The van der Waals surface area contributed by atoms with E-state index in [-0.39, 0.29) is 31.0 Å². The fraction of sp³-hybridized carbons (Fsp3) is 0.440. The summed E-state index contributed by atoms with van der Waals surface area (Å²) >= 11 is 0. The van der Waals surface area contributed by atoms with E-state index in [0.717, 1.165) is 4.90 Å². The molecular formula is C25H26F7N3O2. The molecule has 0 spiro atoms. The number of halogens is 7. The van der Waals surface area contributed by atoms with Gasteiger partial charge in [-0.05, 0) is 73.7 Å². The van der Waals surface area contributed by atoms with Gasteiger partial charge in [0.15, 0.2) is 0 Å². The number of hydrogen-bond donors (Lipinski definition) is 1. The van der Waals surface area contributed by atoms with Crippen LogP contribution in [0, 0.1) is 18.7 Å². The van der Waals surface area contributed by atoms with E-state index in [1.54, 1.807) is 6.92 Å². The molecule has 2 N–H and O–H groups in total. The Balaban J connectivity index is 1.98. The minimum absolute atomic E-state index is 0.0278. The number of urea groups is 1. The molecule has 12 heteroatoms. The number of nitrogens with zero attached hydrogens (tertiary/aromatic N) is 2. The zero-order chi connectivity index (χ0) is 27.9. The molecule has 0 aromatic heterocycles. The van der Waals surface area contributed by atoms with Crippen molar-refractivity contribution in [2.75, 3.05) is 13.6 Å². The van der Waals surface area contributed by atoms with Crippen molar-refractivity contribution >= 4 is 11.9 Å². The number of nitrogens with two attached hydrogens (primary N) is 1. The van der Waals surface area contributed by atoms with E-state index in [9.17, 15) is 40.3 Å². The molecule has 1 aliphatic rings. The number of primary amides is 1. The lowest BCUT2D eigenvalue weighted by Gasteiger charge is -2.42. The van der Waals surface area contributed by atoms with Crippen molar-refractivity contribution in [2.24, 2.45) is 11.7 Å². The summed E-state index contributed by atoms with van der Waals surface area (Å²) in [5, 5.41) is 0. The van der Waals surface area contributed by atoms with Crippen LogP contribution in [0.25, 0.3) is 0 Å². The average molecular weight is 533 g/mol. The second kappa shape index (κ2) is 10.2. The number of rotatable bonds is 4.